The number of hydrogen-bond donors (Lipinski definition) is 2. The second kappa shape index (κ2) is 11.9. The first-order valence-corrected chi connectivity index (χ1v) is 9.25. The quantitative estimate of drug-likeness (QED) is 0.176. The molecule has 0 aliphatic heterocycles. The van der Waals surface area contributed by atoms with Gasteiger partial charge in [0.1, 0.15) is 5.15 Å². The van der Waals surface area contributed by atoms with Crippen LogP contribution in [0.3, 0.4) is 0 Å². The first-order chi connectivity index (χ1) is 11.7. The summed E-state index contributed by atoms with van der Waals surface area (Å²) >= 11 is 5.81. The molecule has 1 aliphatic carbocycles. The van der Waals surface area contributed by atoms with Gasteiger partial charge in [0.15, 0.2) is 5.96 Å². The van der Waals surface area contributed by atoms with Crippen LogP contribution in [0.25, 0.3) is 0 Å². The molecule has 0 unspecified atom stereocenters. The molecule has 0 aromatic carbocycles. The predicted molar refractivity (Wildman–Crippen MR) is 115 cm³/mol. The molecule has 142 valence electrons. The van der Waals surface area contributed by atoms with Crippen LogP contribution < -0.4 is 10.6 Å². The number of guanidine groups is 1. The Balaban J connectivity index is 0.00000312. The molecule has 2 N–H and O–H groups in total. The van der Waals surface area contributed by atoms with E-state index in [1.165, 1.54) is 12.8 Å². The van der Waals surface area contributed by atoms with E-state index in [-0.39, 0.29) is 24.0 Å². The van der Waals surface area contributed by atoms with Crippen LogP contribution in [-0.2, 0) is 11.2 Å². The monoisotopic (exact) mass is 480 g/mol. The maximum Gasteiger partial charge on any atom is 0.191 e. The van der Waals surface area contributed by atoms with E-state index in [0.29, 0.717) is 10.6 Å². The fourth-order valence-electron chi connectivity index (χ4n) is 2.57. The van der Waals surface area contributed by atoms with E-state index < -0.39 is 0 Å². The smallest absolute Gasteiger partial charge is 0.191 e. The zero-order valence-electron chi connectivity index (χ0n) is 15.2. The zero-order chi connectivity index (χ0) is 17.3. The number of halogens is 2. The van der Waals surface area contributed by atoms with Gasteiger partial charge in [0, 0.05) is 39.0 Å². The number of aliphatic imine (C=N–C) groups is 1. The molecule has 0 amide bonds. The van der Waals surface area contributed by atoms with Crippen LogP contribution in [-0.4, -0.2) is 43.8 Å². The minimum Gasteiger partial charge on any atom is -0.382 e. The third-order valence-corrected chi connectivity index (χ3v) is 4.57. The highest BCUT2D eigenvalue weighted by Gasteiger charge is 2.41. The van der Waals surface area contributed by atoms with Gasteiger partial charge in [0.2, 0.25) is 0 Å². The molecule has 1 aromatic rings. The number of pyridine rings is 1. The summed E-state index contributed by atoms with van der Waals surface area (Å²) in [5, 5.41) is 7.25. The Kier molecular flexibility index (Phi) is 10.7. The van der Waals surface area contributed by atoms with Crippen molar-refractivity contribution in [2.45, 2.75) is 39.5 Å². The lowest BCUT2D eigenvalue weighted by molar-refractivity contribution is 0.129. The maximum atomic E-state index is 5.81. The molecule has 0 atom stereocenters. The Hall–Kier alpha value is -0.600. The van der Waals surface area contributed by atoms with Crippen molar-refractivity contribution < 1.29 is 4.74 Å². The number of ether oxygens (including phenoxy) is 1. The van der Waals surface area contributed by atoms with Gasteiger partial charge >= 0.3 is 0 Å². The number of nitrogens with one attached hydrogen (secondary N) is 2. The molecule has 5 nitrogen and oxygen atoms in total. The van der Waals surface area contributed by atoms with E-state index >= 15 is 0 Å². The van der Waals surface area contributed by atoms with Crippen molar-refractivity contribution in [1.82, 2.24) is 15.6 Å². The van der Waals surface area contributed by atoms with Crippen molar-refractivity contribution in [2.24, 2.45) is 10.4 Å². The fourth-order valence-corrected chi connectivity index (χ4v) is 2.68. The Bertz CT molecular complexity index is 520. The summed E-state index contributed by atoms with van der Waals surface area (Å²) in [5.74, 6) is 0.891. The molecule has 7 heteroatoms. The third-order valence-electron chi connectivity index (χ3n) is 4.35. The number of hydrogen-bond acceptors (Lipinski definition) is 3. The highest BCUT2D eigenvalue weighted by atomic mass is 127. The van der Waals surface area contributed by atoms with Gasteiger partial charge in [-0.15, -0.1) is 24.0 Å². The van der Waals surface area contributed by atoms with E-state index in [1.807, 2.05) is 25.3 Å². The normalized spacial score (nSPS) is 15.4. The maximum absolute atomic E-state index is 5.81. The number of rotatable bonds is 10. The second-order valence-electron chi connectivity index (χ2n) is 6.31. The number of aromatic nitrogens is 1. The molecule has 0 radical (unpaired) electrons. The van der Waals surface area contributed by atoms with E-state index in [0.717, 1.165) is 57.2 Å². The summed E-state index contributed by atoms with van der Waals surface area (Å²) < 4.78 is 5.49. The summed E-state index contributed by atoms with van der Waals surface area (Å²) in [7, 11) is 0. The SMILES string of the molecule is CCNC(=NCC1(CCOCC)CC1)NCCc1ccc(Cl)nc1.I. The van der Waals surface area contributed by atoms with Gasteiger partial charge in [-0.05, 0) is 56.6 Å². The van der Waals surface area contributed by atoms with Crippen molar-refractivity contribution in [3.05, 3.63) is 29.0 Å². The lowest BCUT2D eigenvalue weighted by atomic mass is 10.0. The van der Waals surface area contributed by atoms with Gasteiger partial charge in [-0.25, -0.2) is 4.98 Å². The molecule has 1 aromatic heterocycles. The van der Waals surface area contributed by atoms with Crippen LogP contribution in [0.4, 0.5) is 0 Å². The summed E-state index contributed by atoms with van der Waals surface area (Å²) in [4.78, 5) is 8.88. The third kappa shape index (κ3) is 8.55. The highest BCUT2D eigenvalue weighted by molar-refractivity contribution is 14.0. The summed E-state index contributed by atoms with van der Waals surface area (Å²) in [6.45, 7) is 8.32. The van der Waals surface area contributed by atoms with Gasteiger partial charge in [-0.2, -0.15) is 0 Å². The topological polar surface area (TPSA) is 58.5 Å². The summed E-state index contributed by atoms with van der Waals surface area (Å²) in [6, 6.07) is 3.83. The Morgan fingerprint density at radius 2 is 2.12 bits per heavy atom. The molecule has 0 saturated heterocycles. The molecule has 0 bridgehead atoms. The largest absolute Gasteiger partial charge is 0.382 e. The Morgan fingerprint density at radius 1 is 1.32 bits per heavy atom. The van der Waals surface area contributed by atoms with Gasteiger partial charge in [0.05, 0.1) is 0 Å². The van der Waals surface area contributed by atoms with Crippen molar-refractivity contribution in [3.8, 4) is 0 Å². The van der Waals surface area contributed by atoms with Gasteiger partial charge in [-0.3, -0.25) is 4.99 Å². The molecule has 1 saturated carbocycles. The summed E-state index contributed by atoms with van der Waals surface area (Å²) in [6.07, 6.45) is 6.35. The average molecular weight is 481 g/mol. The van der Waals surface area contributed by atoms with Crippen molar-refractivity contribution >= 4 is 41.5 Å². The molecule has 0 spiro atoms. The van der Waals surface area contributed by atoms with Crippen LogP contribution in [0, 0.1) is 5.41 Å². The minimum absolute atomic E-state index is 0. The molecule has 1 heterocycles. The van der Waals surface area contributed by atoms with Gasteiger partial charge in [0.25, 0.3) is 0 Å². The van der Waals surface area contributed by atoms with Crippen LogP contribution in [0.5, 0.6) is 0 Å². The number of nitrogens with zero attached hydrogens (tertiary/aromatic N) is 2. The average Bonchev–Trinajstić information content (AvgIpc) is 3.35. The molecular weight excluding hydrogens is 451 g/mol. The standard InChI is InChI=1S/C18H29ClN4O.HI/c1-3-20-17(21-11-7-15-5-6-16(19)22-13-15)23-14-18(8-9-18)10-12-24-4-2;/h5-6,13H,3-4,7-12,14H2,1-2H3,(H2,20,21,23);1H. The lowest BCUT2D eigenvalue weighted by Gasteiger charge is -2.15. The first kappa shape index (κ1) is 22.4. The van der Waals surface area contributed by atoms with E-state index in [9.17, 15) is 0 Å². The molecule has 25 heavy (non-hydrogen) atoms. The second-order valence-corrected chi connectivity index (χ2v) is 6.70. The minimum atomic E-state index is 0. The summed E-state index contributed by atoms with van der Waals surface area (Å²) in [5.41, 5.74) is 1.54. The lowest BCUT2D eigenvalue weighted by Crippen LogP contribution is -2.38. The van der Waals surface area contributed by atoms with Crippen molar-refractivity contribution in [2.75, 3.05) is 32.8 Å². The van der Waals surface area contributed by atoms with Gasteiger partial charge < -0.3 is 15.4 Å². The van der Waals surface area contributed by atoms with Crippen LogP contribution >= 0.6 is 35.6 Å². The van der Waals surface area contributed by atoms with Crippen molar-refractivity contribution in [3.63, 3.8) is 0 Å². The predicted octanol–water partition coefficient (Wildman–Crippen LogP) is 3.66. The van der Waals surface area contributed by atoms with Crippen LogP contribution in [0.15, 0.2) is 23.3 Å². The van der Waals surface area contributed by atoms with Crippen molar-refractivity contribution in [1.29, 1.82) is 0 Å². The Morgan fingerprint density at radius 3 is 2.72 bits per heavy atom. The van der Waals surface area contributed by atoms with E-state index in [1.54, 1.807) is 0 Å². The van der Waals surface area contributed by atoms with Gasteiger partial charge in [-0.1, -0.05) is 17.7 Å². The molecular formula is C18H30ClIN4O. The van der Waals surface area contributed by atoms with E-state index in [4.69, 9.17) is 21.3 Å². The van der Waals surface area contributed by atoms with Crippen LogP contribution in [0.1, 0.15) is 38.7 Å². The van der Waals surface area contributed by atoms with E-state index in [2.05, 4.69) is 22.5 Å². The Labute approximate surface area is 173 Å². The molecule has 2 rings (SSSR count). The highest BCUT2D eigenvalue weighted by Crippen LogP contribution is 2.48. The fraction of sp³-hybridized carbons (Fsp3) is 0.667. The molecule has 1 aliphatic rings. The molecule has 1 fully saturated rings. The van der Waals surface area contributed by atoms with Crippen LogP contribution in [0.2, 0.25) is 5.15 Å². The first-order valence-electron chi connectivity index (χ1n) is 8.88. The zero-order valence-corrected chi connectivity index (χ0v) is 18.3.